The number of hydrogen-bond acceptors (Lipinski definition) is 4. The first kappa shape index (κ1) is 21.4. The zero-order chi connectivity index (χ0) is 20.7. The number of anilines is 2. The van der Waals surface area contributed by atoms with Crippen molar-refractivity contribution in [2.75, 3.05) is 17.2 Å². The van der Waals surface area contributed by atoms with E-state index < -0.39 is 18.5 Å². The van der Waals surface area contributed by atoms with Crippen LogP contribution in [0, 0.1) is 20.8 Å². The Hall–Kier alpha value is -2.86. The number of carbonyl (C=O) groups excluding carboxylic acids is 3. The van der Waals surface area contributed by atoms with E-state index in [9.17, 15) is 14.4 Å². The molecule has 0 aromatic heterocycles. The van der Waals surface area contributed by atoms with Crippen LogP contribution in [-0.2, 0) is 19.1 Å². The molecule has 0 heterocycles. The molecule has 2 rings (SSSR count). The van der Waals surface area contributed by atoms with Crippen LogP contribution in [0.1, 0.15) is 29.5 Å². The third kappa shape index (κ3) is 6.70. The number of nitrogens with one attached hydrogen (secondary N) is 2. The average molecular weight is 403 g/mol. The second-order valence-electron chi connectivity index (χ2n) is 6.54. The number of aryl methyl sites for hydroxylation is 3. The largest absolute Gasteiger partial charge is 0.456 e. The topological polar surface area (TPSA) is 84.5 Å². The van der Waals surface area contributed by atoms with Crippen LogP contribution in [0.4, 0.5) is 11.4 Å². The van der Waals surface area contributed by atoms with Crippen molar-refractivity contribution in [2.45, 2.75) is 33.6 Å². The van der Waals surface area contributed by atoms with Gasteiger partial charge in [-0.3, -0.25) is 14.4 Å². The summed E-state index contributed by atoms with van der Waals surface area (Å²) in [5, 5.41) is 5.89. The number of hydrogen-bond donors (Lipinski definition) is 2. The van der Waals surface area contributed by atoms with Gasteiger partial charge in [-0.2, -0.15) is 0 Å². The first-order valence-electron chi connectivity index (χ1n) is 8.83. The van der Waals surface area contributed by atoms with Gasteiger partial charge in [0.2, 0.25) is 5.91 Å². The van der Waals surface area contributed by atoms with Gasteiger partial charge in [0.05, 0.1) is 6.42 Å². The van der Waals surface area contributed by atoms with Crippen LogP contribution in [0.3, 0.4) is 0 Å². The maximum atomic E-state index is 12.0. The van der Waals surface area contributed by atoms with E-state index in [0.29, 0.717) is 16.4 Å². The maximum absolute atomic E-state index is 12.0. The lowest BCUT2D eigenvalue weighted by molar-refractivity contribution is -0.147. The van der Waals surface area contributed by atoms with Crippen LogP contribution in [0.25, 0.3) is 0 Å². The molecule has 0 aliphatic rings. The Morgan fingerprint density at radius 3 is 2.32 bits per heavy atom. The molecule has 0 fully saturated rings. The van der Waals surface area contributed by atoms with E-state index in [1.807, 2.05) is 39.0 Å². The van der Waals surface area contributed by atoms with Crippen LogP contribution < -0.4 is 10.6 Å². The predicted octanol–water partition coefficient (Wildman–Crippen LogP) is 4.17. The Morgan fingerprint density at radius 2 is 1.64 bits per heavy atom. The fraction of sp³-hybridized carbons (Fsp3) is 0.286. The van der Waals surface area contributed by atoms with Gasteiger partial charge in [-0.25, -0.2) is 0 Å². The summed E-state index contributed by atoms with van der Waals surface area (Å²) in [7, 11) is 0. The van der Waals surface area contributed by atoms with Crippen molar-refractivity contribution in [2.24, 2.45) is 0 Å². The van der Waals surface area contributed by atoms with Gasteiger partial charge in [0.1, 0.15) is 0 Å². The lowest BCUT2D eigenvalue weighted by Gasteiger charge is -2.09. The molecule has 0 unspecified atom stereocenters. The summed E-state index contributed by atoms with van der Waals surface area (Å²) in [5.74, 6) is -1.39. The predicted molar refractivity (Wildman–Crippen MR) is 110 cm³/mol. The van der Waals surface area contributed by atoms with Crippen LogP contribution in [-0.4, -0.2) is 24.4 Å². The smallest absolute Gasteiger partial charge is 0.306 e. The van der Waals surface area contributed by atoms with Gasteiger partial charge in [-0.15, -0.1) is 0 Å². The standard InChI is InChI=1S/C21H23ClN2O4/c1-13-4-7-18(15(3)10-13)24-19(25)8-9-21(27)28-12-20(26)23-16-6-5-14(2)17(22)11-16/h4-7,10-11H,8-9,12H2,1-3H3,(H,23,26)(H,24,25). The van der Waals surface area contributed by atoms with Crippen molar-refractivity contribution < 1.29 is 19.1 Å². The third-order valence-corrected chi connectivity index (χ3v) is 4.44. The zero-order valence-electron chi connectivity index (χ0n) is 16.1. The van der Waals surface area contributed by atoms with Gasteiger partial charge < -0.3 is 15.4 Å². The molecule has 0 atom stereocenters. The number of rotatable bonds is 7. The summed E-state index contributed by atoms with van der Waals surface area (Å²) >= 11 is 6.00. The van der Waals surface area contributed by atoms with Crippen molar-refractivity contribution in [1.82, 2.24) is 0 Å². The molecule has 0 aliphatic heterocycles. The van der Waals surface area contributed by atoms with Gasteiger partial charge in [-0.1, -0.05) is 35.4 Å². The summed E-state index contributed by atoms with van der Waals surface area (Å²) in [6.07, 6.45) is -0.137. The fourth-order valence-electron chi connectivity index (χ4n) is 2.47. The van der Waals surface area contributed by atoms with Crippen molar-refractivity contribution in [3.8, 4) is 0 Å². The van der Waals surface area contributed by atoms with Crippen LogP contribution in [0.5, 0.6) is 0 Å². The molecule has 28 heavy (non-hydrogen) atoms. The maximum Gasteiger partial charge on any atom is 0.306 e. The van der Waals surface area contributed by atoms with Gasteiger partial charge >= 0.3 is 5.97 Å². The molecule has 0 radical (unpaired) electrons. The van der Waals surface area contributed by atoms with Crippen molar-refractivity contribution in [1.29, 1.82) is 0 Å². The monoisotopic (exact) mass is 402 g/mol. The van der Waals surface area contributed by atoms with E-state index in [1.54, 1.807) is 18.2 Å². The summed E-state index contributed by atoms with van der Waals surface area (Å²) in [5.41, 5.74) is 4.17. The number of esters is 1. The molecule has 148 valence electrons. The molecular weight excluding hydrogens is 380 g/mol. The highest BCUT2D eigenvalue weighted by molar-refractivity contribution is 6.31. The van der Waals surface area contributed by atoms with Gasteiger partial charge in [0.25, 0.3) is 5.91 Å². The fourth-order valence-corrected chi connectivity index (χ4v) is 2.65. The summed E-state index contributed by atoms with van der Waals surface area (Å²) < 4.78 is 4.91. The Balaban J connectivity index is 1.72. The van der Waals surface area contributed by atoms with Gasteiger partial charge in [-0.05, 0) is 50.1 Å². The quantitative estimate of drug-likeness (QED) is 0.681. The van der Waals surface area contributed by atoms with Crippen LogP contribution >= 0.6 is 11.6 Å². The van der Waals surface area contributed by atoms with E-state index in [1.165, 1.54) is 0 Å². The molecule has 0 saturated carbocycles. The first-order valence-corrected chi connectivity index (χ1v) is 9.21. The molecule has 0 aliphatic carbocycles. The molecule has 2 N–H and O–H groups in total. The minimum absolute atomic E-state index is 0.0264. The summed E-state index contributed by atoms with van der Waals surface area (Å²) in [6.45, 7) is 5.30. The highest BCUT2D eigenvalue weighted by Gasteiger charge is 2.12. The van der Waals surface area contributed by atoms with Gasteiger partial charge in [0, 0.05) is 22.8 Å². The van der Waals surface area contributed by atoms with E-state index in [2.05, 4.69) is 10.6 Å². The van der Waals surface area contributed by atoms with E-state index in [0.717, 1.165) is 16.7 Å². The molecule has 0 bridgehead atoms. The lowest BCUT2D eigenvalue weighted by Crippen LogP contribution is -2.21. The summed E-state index contributed by atoms with van der Waals surface area (Å²) in [4.78, 5) is 35.6. The van der Waals surface area contributed by atoms with Crippen molar-refractivity contribution in [3.05, 3.63) is 58.1 Å². The Kier molecular flexibility index (Phi) is 7.58. The van der Waals surface area contributed by atoms with Crippen LogP contribution in [0.2, 0.25) is 5.02 Å². The minimum Gasteiger partial charge on any atom is -0.456 e. The van der Waals surface area contributed by atoms with Crippen molar-refractivity contribution >= 4 is 40.8 Å². The second kappa shape index (κ2) is 9.90. The van der Waals surface area contributed by atoms with Crippen molar-refractivity contribution in [3.63, 3.8) is 0 Å². The van der Waals surface area contributed by atoms with E-state index in [4.69, 9.17) is 16.3 Å². The number of ether oxygens (including phenoxy) is 1. The molecule has 6 nitrogen and oxygen atoms in total. The Morgan fingerprint density at radius 1 is 0.893 bits per heavy atom. The highest BCUT2D eigenvalue weighted by Crippen LogP contribution is 2.20. The van der Waals surface area contributed by atoms with E-state index >= 15 is 0 Å². The minimum atomic E-state index is -0.618. The Bertz CT molecular complexity index is 896. The lowest BCUT2D eigenvalue weighted by atomic mass is 10.1. The number of benzene rings is 2. The first-order chi connectivity index (χ1) is 13.2. The second-order valence-corrected chi connectivity index (χ2v) is 6.95. The van der Waals surface area contributed by atoms with E-state index in [-0.39, 0.29) is 18.7 Å². The zero-order valence-corrected chi connectivity index (χ0v) is 16.9. The molecule has 7 heteroatoms. The normalized spacial score (nSPS) is 10.3. The highest BCUT2D eigenvalue weighted by atomic mass is 35.5. The third-order valence-electron chi connectivity index (χ3n) is 4.03. The summed E-state index contributed by atoms with van der Waals surface area (Å²) in [6, 6.07) is 10.8. The average Bonchev–Trinajstić information content (AvgIpc) is 2.63. The molecule has 2 aromatic rings. The molecule has 2 aromatic carbocycles. The molecule has 0 saturated heterocycles. The SMILES string of the molecule is Cc1ccc(NC(=O)CCC(=O)OCC(=O)Nc2ccc(C)c(Cl)c2)c(C)c1. The number of carbonyl (C=O) groups is 3. The number of amides is 2. The van der Waals surface area contributed by atoms with Gasteiger partial charge in [0.15, 0.2) is 6.61 Å². The molecule has 2 amide bonds. The Labute approximate surface area is 169 Å². The molecule has 0 spiro atoms. The van der Waals surface area contributed by atoms with Crippen LogP contribution in [0.15, 0.2) is 36.4 Å². The number of halogens is 1. The molecular formula is C21H23ClN2O4.